The Labute approximate surface area is 186 Å². The first-order valence-corrected chi connectivity index (χ1v) is 10.3. The van der Waals surface area contributed by atoms with Crippen LogP contribution in [-0.4, -0.2) is 40.4 Å². The molecule has 32 heavy (non-hydrogen) atoms. The number of hydrogen-bond donors (Lipinski definition) is 0. The molecule has 4 rings (SSSR count). The lowest BCUT2D eigenvalue weighted by molar-refractivity contribution is -0.121. The van der Waals surface area contributed by atoms with Crippen molar-refractivity contribution >= 4 is 17.8 Å². The van der Waals surface area contributed by atoms with Crippen LogP contribution in [0.15, 0.2) is 66.1 Å². The Kier molecular flexibility index (Phi) is 5.65. The predicted octanol–water partition coefficient (Wildman–Crippen LogP) is 4.52. The van der Waals surface area contributed by atoms with E-state index in [0.717, 1.165) is 22.5 Å². The number of rotatable bonds is 5. The summed E-state index contributed by atoms with van der Waals surface area (Å²) in [6.07, 6.45) is 7.61. The monoisotopic (exact) mass is 432 g/mol. The first-order chi connectivity index (χ1) is 15.3. The molecule has 0 radical (unpaired) electrons. The van der Waals surface area contributed by atoms with Crippen LogP contribution >= 0.6 is 0 Å². The van der Waals surface area contributed by atoms with E-state index in [1.54, 1.807) is 25.6 Å². The van der Waals surface area contributed by atoms with E-state index in [1.807, 2.05) is 66.9 Å². The third-order valence-electron chi connectivity index (χ3n) is 5.90. The molecule has 2 heterocycles. The number of amides is 1. The number of methoxy groups -OCH3 is 1. The zero-order valence-corrected chi connectivity index (χ0v) is 18.5. The largest absolute Gasteiger partial charge is 0.495 e. The summed E-state index contributed by atoms with van der Waals surface area (Å²) in [5, 5.41) is 0. The van der Waals surface area contributed by atoms with E-state index in [9.17, 15) is 9.18 Å². The van der Waals surface area contributed by atoms with E-state index in [4.69, 9.17) is 4.74 Å². The molecule has 2 aromatic carbocycles. The molecule has 164 valence electrons. The number of likely N-dealkylation sites (N-methyl/N-ethyl adjacent to an activating group) is 1. The molecular weight excluding hydrogens is 407 g/mol. The number of benzene rings is 2. The molecule has 0 N–H and O–H groups in total. The predicted molar refractivity (Wildman–Crippen MR) is 122 cm³/mol. The second-order valence-electron chi connectivity index (χ2n) is 8.07. The van der Waals surface area contributed by atoms with E-state index < -0.39 is 5.54 Å². The Bertz CT molecular complexity index is 1210. The number of carbonyl (C=O) groups excluding carboxylic acids is 1. The Balaban J connectivity index is 1.62. The van der Waals surface area contributed by atoms with Gasteiger partial charge in [0.15, 0.2) is 0 Å². The quantitative estimate of drug-likeness (QED) is 0.595. The standard InChI is InChI=1S/C25H25FN4O2/c1-17-15-30(16-27-17)21-11-5-18(13-22(21)32-4)6-12-23-28-24(31)14-25(2,29(23)3)19-7-9-20(26)10-8-19/h5-13,15-16H,14H2,1-4H3/b12-6+. The van der Waals surface area contributed by atoms with Crippen molar-refractivity contribution in [3.05, 3.63) is 83.7 Å². The van der Waals surface area contributed by atoms with E-state index in [1.165, 1.54) is 12.1 Å². The first kappa shape index (κ1) is 21.5. The lowest BCUT2D eigenvalue weighted by atomic mass is 9.85. The minimum atomic E-state index is -0.618. The Morgan fingerprint density at radius 3 is 2.56 bits per heavy atom. The van der Waals surface area contributed by atoms with Gasteiger partial charge in [0, 0.05) is 13.2 Å². The Morgan fingerprint density at radius 2 is 1.91 bits per heavy atom. The van der Waals surface area contributed by atoms with Crippen LogP contribution in [0.25, 0.3) is 11.8 Å². The van der Waals surface area contributed by atoms with Gasteiger partial charge in [-0.2, -0.15) is 4.99 Å². The molecular formula is C25H25FN4O2. The van der Waals surface area contributed by atoms with E-state index in [0.29, 0.717) is 11.6 Å². The van der Waals surface area contributed by atoms with Crippen molar-refractivity contribution < 1.29 is 13.9 Å². The van der Waals surface area contributed by atoms with Gasteiger partial charge in [0.25, 0.3) is 0 Å². The molecule has 0 saturated carbocycles. The minimum Gasteiger partial charge on any atom is -0.495 e. The van der Waals surface area contributed by atoms with Gasteiger partial charge in [-0.25, -0.2) is 9.37 Å². The maximum atomic E-state index is 13.4. The van der Waals surface area contributed by atoms with Crippen LogP contribution < -0.4 is 4.74 Å². The third-order valence-corrected chi connectivity index (χ3v) is 5.90. The van der Waals surface area contributed by atoms with Crippen molar-refractivity contribution in [3.63, 3.8) is 0 Å². The molecule has 1 atom stereocenters. The van der Waals surface area contributed by atoms with Crippen LogP contribution in [-0.2, 0) is 10.3 Å². The molecule has 0 aliphatic carbocycles. The molecule has 7 heteroatoms. The van der Waals surface area contributed by atoms with Gasteiger partial charge in [-0.3, -0.25) is 4.79 Å². The van der Waals surface area contributed by atoms with Gasteiger partial charge in [0.2, 0.25) is 5.91 Å². The lowest BCUT2D eigenvalue weighted by Gasteiger charge is -2.42. The zero-order valence-electron chi connectivity index (χ0n) is 18.5. The molecule has 1 amide bonds. The number of hydrogen-bond acceptors (Lipinski definition) is 4. The van der Waals surface area contributed by atoms with Gasteiger partial charge < -0.3 is 14.2 Å². The van der Waals surface area contributed by atoms with Crippen molar-refractivity contribution in [3.8, 4) is 11.4 Å². The van der Waals surface area contributed by atoms with Crippen LogP contribution in [0, 0.1) is 12.7 Å². The molecule has 1 aliphatic rings. The summed E-state index contributed by atoms with van der Waals surface area (Å²) in [6.45, 7) is 3.90. The van der Waals surface area contributed by atoms with Crippen LogP contribution in [0.4, 0.5) is 4.39 Å². The average molecular weight is 432 g/mol. The van der Waals surface area contributed by atoms with Gasteiger partial charge in [-0.05, 0) is 55.3 Å². The number of halogens is 1. The van der Waals surface area contributed by atoms with Gasteiger partial charge in [-0.15, -0.1) is 0 Å². The molecule has 0 saturated heterocycles. The molecule has 6 nitrogen and oxygen atoms in total. The molecule has 1 aromatic heterocycles. The fourth-order valence-electron chi connectivity index (χ4n) is 3.90. The van der Waals surface area contributed by atoms with Crippen molar-refractivity contribution in [1.29, 1.82) is 0 Å². The number of aliphatic imine (C=N–C) groups is 1. The van der Waals surface area contributed by atoms with Gasteiger partial charge in [0.05, 0.1) is 36.8 Å². The number of imidazole rings is 1. The topological polar surface area (TPSA) is 59.7 Å². The summed E-state index contributed by atoms with van der Waals surface area (Å²) in [7, 11) is 3.52. The smallest absolute Gasteiger partial charge is 0.250 e. The summed E-state index contributed by atoms with van der Waals surface area (Å²) in [4.78, 5) is 22.9. The number of carbonyl (C=O) groups is 1. The van der Waals surface area contributed by atoms with Gasteiger partial charge >= 0.3 is 0 Å². The third kappa shape index (κ3) is 4.06. The van der Waals surface area contributed by atoms with Crippen LogP contribution in [0.5, 0.6) is 5.75 Å². The van der Waals surface area contributed by atoms with Gasteiger partial charge in [-0.1, -0.05) is 24.3 Å². The SMILES string of the molecule is COc1cc(/C=C/C2=NC(=O)CC(C)(c3ccc(F)cc3)N2C)ccc1-n1cnc(C)c1. The maximum Gasteiger partial charge on any atom is 0.250 e. The number of aryl methyl sites for hydroxylation is 1. The Hall–Kier alpha value is -3.74. The lowest BCUT2D eigenvalue weighted by Crippen LogP contribution is -2.49. The number of nitrogens with zero attached hydrogens (tertiary/aromatic N) is 4. The Morgan fingerprint density at radius 1 is 1.16 bits per heavy atom. The number of amidine groups is 1. The highest BCUT2D eigenvalue weighted by Gasteiger charge is 2.38. The molecule has 0 bridgehead atoms. The van der Waals surface area contributed by atoms with E-state index in [-0.39, 0.29) is 18.1 Å². The average Bonchev–Trinajstić information content (AvgIpc) is 3.21. The highest BCUT2D eigenvalue weighted by molar-refractivity contribution is 6.05. The summed E-state index contributed by atoms with van der Waals surface area (Å²) in [6, 6.07) is 12.1. The minimum absolute atomic E-state index is 0.210. The molecule has 3 aromatic rings. The summed E-state index contributed by atoms with van der Waals surface area (Å²) < 4.78 is 20.9. The van der Waals surface area contributed by atoms with Crippen LogP contribution in [0.1, 0.15) is 30.2 Å². The van der Waals surface area contributed by atoms with Crippen molar-refractivity contribution in [2.75, 3.05) is 14.2 Å². The second kappa shape index (κ2) is 8.42. The summed E-state index contributed by atoms with van der Waals surface area (Å²) >= 11 is 0. The zero-order chi connectivity index (χ0) is 22.9. The summed E-state index contributed by atoms with van der Waals surface area (Å²) in [5.41, 5.74) is 2.95. The van der Waals surface area contributed by atoms with E-state index in [2.05, 4.69) is 9.98 Å². The van der Waals surface area contributed by atoms with Crippen LogP contribution in [0.2, 0.25) is 0 Å². The van der Waals surface area contributed by atoms with Crippen molar-refractivity contribution in [2.24, 2.45) is 4.99 Å². The summed E-state index contributed by atoms with van der Waals surface area (Å²) in [5.74, 6) is 0.731. The number of ether oxygens (including phenoxy) is 1. The molecule has 0 spiro atoms. The molecule has 1 unspecified atom stereocenters. The maximum absolute atomic E-state index is 13.4. The van der Waals surface area contributed by atoms with Crippen molar-refractivity contribution in [2.45, 2.75) is 25.8 Å². The fourth-order valence-corrected chi connectivity index (χ4v) is 3.90. The normalized spacial score (nSPS) is 18.8. The van der Waals surface area contributed by atoms with Gasteiger partial charge in [0.1, 0.15) is 17.4 Å². The first-order valence-electron chi connectivity index (χ1n) is 10.3. The van der Waals surface area contributed by atoms with E-state index >= 15 is 0 Å². The van der Waals surface area contributed by atoms with Crippen molar-refractivity contribution in [1.82, 2.24) is 14.5 Å². The molecule has 1 aliphatic heterocycles. The highest BCUT2D eigenvalue weighted by atomic mass is 19.1. The number of aromatic nitrogens is 2. The van der Waals surface area contributed by atoms with Crippen LogP contribution in [0.3, 0.4) is 0 Å². The fraction of sp³-hybridized carbons (Fsp3) is 0.240. The highest BCUT2D eigenvalue weighted by Crippen LogP contribution is 2.35. The molecule has 0 fully saturated rings. The second-order valence-corrected chi connectivity index (χ2v) is 8.07.